The molecule has 0 aromatic heterocycles. The van der Waals surface area contributed by atoms with Crippen LogP contribution in [0.1, 0.15) is 24.8 Å². The van der Waals surface area contributed by atoms with Crippen LogP contribution in [-0.4, -0.2) is 53.8 Å². The van der Waals surface area contributed by atoms with E-state index in [1.807, 2.05) is 0 Å². The van der Waals surface area contributed by atoms with Crippen LogP contribution >= 0.6 is 11.6 Å². The number of halogens is 4. The van der Waals surface area contributed by atoms with Crippen molar-refractivity contribution in [3.8, 4) is 5.75 Å². The molecule has 3 aromatic carbocycles. The predicted octanol–water partition coefficient (Wildman–Crippen LogP) is 5.38. The number of carbonyl (C=O) groups excluding carboxylic acids is 1. The van der Waals surface area contributed by atoms with E-state index < -0.39 is 54.9 Å². The molecule has 3 aromatic rings. The van der Waals surface area contributed by atoms with Gasteiger partial charge in [0.15, 0.2) is 0 Å². The maximum atomic E-state index is 13.6. The molecule has 1 amide bonds. The largest absolute Gasteiger partial charge is 0.495 e. The van der Waals surface area contributed by atoms with Gasteiger partial charge in [-0.05, 0) is 61.4 Å². The Bertz CT molecular complexity index is 1660. The van der Waals surface area contributed by atoms with Crippen LogP contribution in [0.5, 0.6) is 5.75 Å². The molecule has 226 valence electrons. The third-order valence-corrected chi connectivity index (χ3v) is 10.6. The molecule has 0 saturated carbocycles. The fourth-order valence-electron chi connectivity index (χ4n) is 4.45. The normalized spacial score (nSPS) is 14.8. The zero-order chi connectivity index (χ0) is 30.7. The quantitative estimate of drug-likeness (QED) is 0.335. The Morgan fingerprint density at radius 1 is 0.976 bits per heavy atom. The van der Waals surface area contributed by atoms with Gasteiger partial charge in [0.05, 0.1) is 28.3 Å². The number of sulfonamides is 2. The molecule has 0 aliphatic carbocycles. The Labute approximate surface area is 246 Å². The molecule has 0 bridgehead atoms. The number of ether oxygens (including phenoxy) is 1. The SMILES string of the molecule is COc1ccc(NC(=O)CN(c2ccc(Cl)c(C(F)(F)F)c2)S(=O)(=O)c2ccccc2)cc1S(=O)(=O)N1CCCCC1. The van der Waals surface area contributed by atoms with Crippen LogP contribution in [0.2, 0.25) is 5.02 Å². The first-order valence-electron chi connectivity index (χ1n) is 12.7. The molecule has 42 heavy (non-hydrogen) atoms. The molecule has 1 aliphatic rings. The fourth-order valence-corrected chi connectivity index (χ4v) is 7.81. The maximum Gasteiger partial charge on any atom is 0.417 e. The van der Waals surface area contributed by atoms with E-state index in [9.17, 15) is 34.8 Å². The molecule has 0 radical (unpaired) electrons. The van der Waals surface area contributed by atoms with Gasteiger partial charge in [0.1, 0.15) is 17.2 Å². The van der Waals surface area contributed by atoms with Gasteiger partial charge in [-0.25, -0.2) is 16.8 Å². The lowest BCUT2D eigenvalue weighted by Gasteiger charge is -2.27. The number of hydrogen-bond donors (Lipinski definition) is 1. The van der Waals surface area contributed by atoms with E-state index in [-0.39, 0.29) is 21.2 Å². The number of hydrogen-bond acceptors (Lipinski definition) is 6. The van der Waals surface area contributed by atoms with Crippen molar-refractivity contribution in [1.82, 2.24) is 4.31 Å². The first-order chi connectivity index (χ1) is 19.7. The smallest absolute Gasteiger partial charge is 0.417 e. The molecule has 1 saturated heterocycles. The molecule has 4 rings (SSSR count). The van der Waals surface area contributed by atoms with Crippen molar-refractivity contribution in [3.63, 3.8) is 0 Å². The number of rotatable bonds is 9. The van der Waals surface area contributed by atoms with E-state index in [0.717, 1.165) is 18.6 Å². The summed E-state index contributed by atoms with van der Waals surface area (Å²) in [6.07, 6.45) is -2.59. The zero-order valence-corrected chi connectivity index (χ0v) is 24.7. The van der Waals surface area contributed by atoms with Crippen LogP contribution in [0.15, 0.2) is 76.5 Å². The topological polar surface area (TPSA) is 113 Å². The minimum absolute atomic E-state index is 0.0144. The summed E-state index contributed by atoms with van der Waals surface area (Å²) in [5, 5.41) is 1.81. The summed E-state index contributed by atoms with van der Waals surface area (Å²) in [4.78, 5) is 12.7. The van der Waals surface area contributed by atoms with Crippen LogP contribution in [0, 0.1) is 0 Å². The van der Waals surface area contributed by atoms with E-state index in [0.29, 0.717) is 36.3 Å². The Balaban J connectivity index is 1.69. The summed E-state index contributed by atoms with van der Waals surface area (Å²) in [6, 6.07) is 13.3. The van der Waals surface area contributed by atoms with Gasteiger partial charge < -0.3 is 10.1 Å². The molecule has 0 unspecified atom stereocenters. The number of amides is 1. The van der Waals surface area contributed by atoms with Gasteiger partial charge in [-0.15, -0.1) is 0 Å². The Hall–Kier alpha value is -3.33. The van der Waals surface area contributed by atoms with Gasteiger partial charge in [-0.3, -0.25) is 9.10 Å². The summed E-state index contributed by atoms with van der Waals surface area (Å²) in [6.45, 7) is -0.277. The van der Waals surface area contributed by atoms with Crippen molar-refractivity contribution < 1.29 is 39.5 Å². The zero-order valence-electron chi connectivity index (χ0n) is 22.3. The van der Waals surface area contributed by atoms with Crippen LogP contribution in [-0.2, 0) is 31.0 Å². The minimum Gasteiger partial charge on any atom is -0.495 e. The molecular weight excluding hydrogens is 619 g/mol. The monoisotopic (exact) mass is 645 g/mol. The van der Waals surface area contributed by atoms with Gasteiger partial charge in [-0.2, -0.15) is 17.5 Å². The summed E-state index contributed by atoms with van der Waals surface area (Å²) < 4.78 is 102. The van der Waals surface area contributed by atoms with Crippen LogP contribution in [0.3, 0.4) is 0 Å². The molecule has 0 spiro atoms. The summed E-state index contributed by atoms with van der Waals surface area (Å²) in [7, 11) is -7.21. The number of carbonyl (C=O) groups is 1. The highest BCUT2D eigenvalue weighted by atomic mass is 35.5. The summed E-state index contributed by atoms with van der Waals surface area (Å²) in [5.74, 6) is -0.891. The second-order valence-corrected chi connectivity index (χ2v) is 13.5. The van der Waals surface area contributed by atoms with E-state index in [2.05, 4.69) is 5.32 Å². The van der Waals surface area contributed by atoms with E-state index >= 15 is 0 Å². The minimum atomic E-state index is -4.89. The number of piperidine rings is 1. The van der Waals surface area contributed by atoms with Crippen molar-refractivity contribution in [2.75, 3.05) is 36.4 Å². The van der Waals surface area contributed by atoms with E-state index in [4.69, 9.17) is 16.3 Å². The van der Waals surface area contributed by atoms with Gasteiger partial charge in [0.25, 0.3) is 10.0 Å². The maximum absolute atomic E-state index is 13.6. The fraction of sp³-hybridized carbons (Fsp3) is 0.296. The molecule has 15 heteroatoms. The van der Waals surface area contributed by atoms with Gasteiger partial charge >= 0.3 is 6.18 Å². The number of nitrogens with zero attached hydrogens (tertiary/aromatic N) is 2. The highest BCUT2D eigenvalue weighted by Gasteiger charge is 2.36. The van der Waals surface area contributed by atoms with Gasteiger partial charge in [0.2, 0.25) is 15.9 Å². The van der Waals surface area contributed by atoms with Crippen molar-refractivity contribution >= 4 is 48.9 Å². The summed E-state index contributed by atoms with van der Waals surface area (Å²) in [5.41, 5.74) is -1.72. The molecule has 1 aliphatic heterocycles. The first kappa shape index (κ1) is 31.6. The van der Waals surface area contributed by atoms with Crippen LogP contribution in [0.25, 0.3) is 0 Å². The number of alkyl halides is 3. The highest BCUT2D eigenvalue weighted by Crippen LogP contribution is 2.38. The number of benzene rings is 3. The lowest BCUT2D eigenvalue weighted by Crippen LogP contribution is -2.38. The summed E-state index contributed by atoms with van der Waals surface area (Å²) >= 11 is 5.73. The Morgan fingerprint density at radius 3 is 2.26 bits per heavy atom. The molecule has 9 nitrogen and oxygen atoms in total. The van der Waals surface area contributed by atoms with Crippen molar-refractivity contribution in [3.05, 3.63) is 77.3 Å². The van der Waals surface area contributed by atoms with Gasteiger partial charge in [-0.1, -0.05) is 36.2 Å². The third kappa shape index (κ3) is 6.83. The second kappa shape index (κ2) is 12.5. The molecule has 1 N–H and O–H groups in total. The van der Waals surface area contributed by atoms with E-state index in [1.165, 1.54) is 53.9 Å². The molecular formula is C27H27ClF3N3O6S2. The van der Waals surface area contributed by atoms with Gasteiger partial charge in [0, 0.05) is 18.8 Å². The third-order valence-electron chi connectivity index (χ3n) is 6.54. The van der Waals surface area contributed by atoms with Crippen molar-refractivity contribution in [2.24, 2.45) is 0 Å². The lowest BCUT2D eigenvalue weighted by atomic mass is 10.2. The average molecular weight is 646 g/mol. The molecule has 1 fully saturated rings. The standard InChI is InChI=1S/C27H27ClF3N3O6S2/c1-40-24-13-10-19(16-25(24)42(38,39)33-14-6-3-7-15-33)32-26(35)18-34(41(36,37)21-8-4-2-5-9-21)20-11-12-23(28)22(17-20)27(29,30)31/h2,4-5,8-13,16-17H,3,6-7,14-15,18H2,1H3,(H,32,35). The molecule has 0 atom stereocenters. The average Bonchev–Trinajstić information content (AvgIpc) is 2.96. The number of anilines is 2. The Morgan fingerprint density at radius 2 is 1.64 bits per heavy atom. The van der Waals surface area contributed by atoms with Crippen molar-refractivity contribution in [2.45, 2.75) is 35.2 Å². The van der Waals surface area contributed by atoms with Crippen LogP contribution < -0.4 is 14.4 Å². The molecule has 1 heterocycles. The first-order valence-corrected chi connectivity index (χ1v) is 15.9. The number of nitrogens with one attached hydrogen (secondary N) is 1. The van der Waals surface area contributed by atoms with Crippen molar-refractivity contribution in [1.29, 1.82) is 0 Å². The highest BCUT2D eigenvalue weighted by molar-refractivity contribution is 7.92. The lowest BCUT2D eigenvalue weighted by molar-refractivity contribution is -0.137. The van der Waals surface area contributed by atoms with E-state index in [1.54, 1.807) is 6.07 Å². The number of methoxy groups -OCH3 is 1. The Kier molecular flexibility index (Phi) is 9.40. The predicted molar refractivity (Wildman–Crippen MR) is 152 cm³/mol. The van der Waals surface area contributed by atoms with Crippen LogP contribution in [0.4, 0.5) is 24.5 Å². The second-order valence-electron chi connectivity index (χ2n) is 9.37.